The summed E-state index contributed by atoms with van der Waals surface area (Å²) in [6.45, 7) is 2.28. The van der Waals surface area contributed by atoms with E-state index in [0.717, 1.165) is 36.0 Å². The van der Waals surface area contributed by atoms with Gasteiger partial charge in [0.25, 0.3) is 0 Å². The Labute approximate surface area is 104 Å². The number of benzene rings is 1. The van der Waals surface area contributed by atoms with Gasteiger partial charge in [0, 0.05) is 6.42 Å². The van der Waals surface area contributed by atoms with E-state index >= 15 is 0 Å². The monoisotopic (exact) mass is 252 g/mol. The van der Waals surface area contributed by atoms with Gasteiger partial charge in [-0.15, -0.1) is 11.3 Å². The molecule has 2 nitrogen and oxygen atoms in total. The third-order valence-electron chi connectivity index (χ3n) is 3.04. The molecule has 84 valence electrons. The number of fused-ring (bicyclic) bond motifs is 1. The normalized spacial score (nSPS) is 20.7. The van der Waals surface area contributed by atoms with Gasteiger partial charge in [-0.05, 0) is 37.6 Å². The van der Waals surface area contributed by atoms with Crippen LogP contribution in [0.2, 0.25) is 5.02 Å². The van der Waals surface area contributed by atoms with E-state index in [2.05, 4.69) is 16.4 Å². The van der Waals surface area contributed by atoms with Crippen LogP contribution in [0.3, 0.4) is 0 Å². The van der Waals surface area contributed by atoms with Gasteiger partial charge in [-0.3, -0.25) is 0 Å². The van der Waals surface area contributed by atoms with Crippen molar-refractivity contribution in [2.45, 2.75) is 12.8 Å². The third-order valence-corrected chi connectivity index (χ3v) is 4.39. The summed E-state index contributed by atoms with van der Waals surface area (Å²) in [5.41, 5.74) is 0.968. The molecule has 16 heavy (non-hydrogen) atoms. The van der Waals surface area contributed by atoms with E-state index in [1.165, 1.54) is 16.1 Å². The highest BCUT2D eigenvalue weighted by molar-refractivity contribution is 7.18. The molecule has 4 heteroatoms. The quantitative estimate of drug-likeness (QED) is 0.889. The lowest BCUT2D eigenvalue weighted by atomic mass is 10.1. The van der Waals surface area contributed by atoms with Crippen molar-refractivity contribution in [2.24, 2.45) is 5.92 Å². The van der Waals surface area contributed by atoms with Crippen molar-refractivity contribution in [1.82, 2.24) is 10.3 Å². The first kappa shape index (κ1) is 10.5. The molecule has 1 aromatic heterocycles. The number of nitrogens with zero attached hydrogens (tertiary/aromatic N) is 1. The van der Waals surface area contributed by atoms with E-state index in [1.54, 1.807) is 11.3 Å². The summed E-state index contributed by atoms with van der Waals surface area (Å²) in [5, 5.41) is 5.38. The molecule has 2 heterocycles. The SMILES string of the molecule is Clc1cccc2sc(CC3CCNC3)nc12. The summed E-state index contributed by atoms with van der Waals surface area (Å²) in [4.78, 5) is 4.63. The fourth-order valence-electron chi connectivity index (χ4n) is 2.18. The topological polar surface area (TPSA) is 24.9 Å². The molecule has 2 aromatic rings. The van der Waals surface area contributed by atoms with Gasteiger partial charge in [0.1, 0.15) is 5.52 Å². The minimum atomic E-state index is 0.749. The minimum absolute atomic E-state index is 0.749. The number of halogens is 1. The second-order valence-electron chi connectivity index (χ2n) is 4.26. The zero-order valence-electron chi connectivity index (χ0n) is 8.87. The molecule has 1 aliphatic heterocycles. The van der Waals surface area contributed by atoms with Gasteiger partial charge in [0.15, 0.2) is 0 Å². The highest BCUT2D eigenvalue weighted by Crippen LogP contribution is 2.29. The summed E-state index contributed by atoms with van der Waals surface area (Å²) >= 11 is 7.89. The van der Waals surface area contributed by atoms with Crippen LogP contribution >= 0.6 is 22.9 Å². The fraction of sp³-hybridized carbons (Fsp3) is 0.417. The van der Waals surface area contributed by atoms with Crippen molar-refractivity contribution < 1.29 is 0 Å². The molecular weight excluding hydrogens is 240 g/mol. The van der Waals surface area contributed by atoms with Gasteiger partial charge in [0.2, 0.25) is 0 Å². The molecule has 0 radical (unpaired) electrons. The number of aromatic nitrogens is 1. The molecule has 1 fully saturated rings. The van der Waals surface area contributed by atoms with E-state index < -0.39 is 0 Å². The Morgan fingerprint density at radius 2 is 2.44 bits per heavy atom. The molecule has 0 bridgehead atoms. The van der Waals surface area contributed by atoms with Gasteiger partial charge in [-0.1, -0.05) is 17.7 Å². The molecule has 3 rings (SSSR count). The lowest BCUT2D eigenvalue weighted by Crippen LogP contribution is -2.10. The van der Waals surface area contributed by atoms with Crippen LogP contribution in [0, 0.1) is 5.92 Å². The third kappa shape index (κ3) is 1.95. The van der Waals surface area contributed by atoms with Crippen molar-refractivity contribution in [3.05, 3.63) is 28.2 Å². The minimum Gasteiger partial charge on any atom is -0.316 e. The van der Waals surface area contributed by atoms with Gasteiger partial charge < -0.3 is 5.32 Å². The number of nitrogens with one attached hydrogen (secondary N) is 1. The summed E-state index contributed by atoms with van der Waals surface area (Å²) in [6, 6.07) is 5.99. The molecule has 1 saturated heterocycles. The predicted molar refractivity (Wildman–Crippen MR) is 69.3 cm³/mol. The zero-order valence-corrected chi connectivity index (χ0v) is 10.4. The first-order valence-electron chi connectivity index (χ1n) is 5.57. The van der Waals surface area contributed by atoms with Crippen molar-refractivity contribution in [1.29, 1.82) is 0 Å². The Morgan fingerprint density at radius 1 is 1.50 bits per heavy atom. The van der Waals surface area contributed by atoms with Crippen LogP contribution in [0.1, 0.15) is 11.4 Å². The molecular formula is C12H13ClN2S. The lowest BCUT2D eigenvalue weighted by molar-refractivity contribution is 0.579. The van der Waals surface area contributed by atoms with Gasteiger partial charge >= 0.3 is 0 Å². The Kier molecular flexibility index (Phi) is 2.84. The summed E-state index contributed by atoms with van der Waals surface area (Å²) in [7, 11) is 0. The van der Waals surface area contributed by atoms with Crippen LogP contribution in [-0.4, -0.2) is 18.1 Å². The summed E-state index contributed by atoms with van der Waals surface area (Å²) in [5.74, 6) is 0.749. The van der Waals surface area contributed by atoms with Crippen molar-refractivity contribution >= 4 is 33.2 Å². The molecule has 1 atom stereocenters. The van der Waals surface area contributed by atoms with Crippen LogP contribution in [-0.2, 0) is 6.42 Å². The summed E-state index contributed by atoms with van der Waals surface area (Å²) in [6.07, 6.45) is 2.35. The highest BCUT2D eigenvalue weighted by atomic mass is 35.5. The first-order valence-corrected chi connectivity index (χ1v) is 6.77. The van der Waals surface area contributed by atoms with Crippen molar-refractivity contribution in [2.75, 3.05) is 13.1 Å². The number of thiazole rings is 1. The van der Waals surface area contributed by atoms with E-state index in [4.69, 9.17) is 11.6 Å². The lowest BCUT2D eigenvalue weighted by Gasteiger charge is -2.03. The fourth-order valence-corrected chi connectivity index (χ4v) is 3.57. The van der Waals surface area contributed by atoms with Crippen LogP contribution in [0.25, 0.3) is 10.2 Å². The number of rotatable bonds is 2. The molecule has 0 amide bonds. The van der Waals surface area contributed by atoms with E-state index in [9.17, 15) is 0 Å². The predicted octanol–water partition coefficient (Wildman–Crippen LogP) is 3.10. The summed E-state index contributed by atoms with van der Waals surface area (Å²) < 4.78 is 1.20. The second-order valence-corrected chi connectivity index (χ2v) is 5.78. The molecule has 1 aliphatic rings. The van der Waals surface area contributed by atoms with E-state index in [0.29, 0.717) is 0 Å². The zero-order chi connectivity index (χ0) is 11.0. The standard InChI is InChI=1S/C12H13ClN2S/c13-9-2-1-3-10-12(9)15-11(16-10)6-8-4-5-14-7-8/h1-3,8,14H,4-7H2. The average Bonchev–Trinajstić information content (AvgIpc) is 2.88. The molecule has 1 N–H and O–H groups in total. The number of hydrogen-bond acceptors (Lipinski definition) is 3. The van der Waals surface area contributed by atoms with Gasteiger partial charge in [-0.2, -0.15) is 0 Å². The molecule has 1 unspecified atom stereocenters. The maximum Gasteiger partial charge on any atom is 0.100 e. The molecule has 0 saturated carbocycles. The first-order chi connectivity index (χ1) is 7.83. The van der Waals surface area contributed by atoms with Crippen LogP contribution in [0.5, 0.6) is 0 Å². The maximum absolute atomic E-state index is 6.12. The van der Waals surface area contributed by atoms with E-state index in [1.807, 2.05) is 12.1 Å². The second kappa shape index (κ2) is 4.32. The maximum atomic E-state index is 6.12. The van der Waals surface area contributed by atoms with Crippen LogP contribution < -0.4 is 5.32 Å². The molecule has 1 aromatic carbocycles. The number of hydrogen-bond donors (Lipinski definition) is 1. The highest BCUT2D eigenvalue weighted by Gasteiger charge is 2.17. The Hall–Kier alpha value is -0.640. The van der Waals surface area contributed by atoms with Gasteiger partial charge in [-0.25, -0.2) is 4.98 Å². The van der Waals surface area contributed by atoms with Crippen molar-refractivity contribution in [3.63, 3.8) is 0 Å². The smallest absolute Gasteiger partial charge is 0.100 e. The van der Waals surface area contributed by atoms with E-state index in [-0.39, 0.29) is 0 Å². The molecule has 0 spiro atoms. The Morgan fingerprint density at radius 3 is 3.19 bits per heavy atom. The Bertz CT molecular complexity index is 503. The van der Waals surface area contributed by atoms with Crippen LogP contribution in [0.15, 0.2) is 18.2 Å². The van der Waals surface area contributed by atoms with Crippen molar-refractivity contribution in [3.8, 4) is 0 Å². The number of para-hydroxylation sites is 1. The van der Waals surface area contributed by atoms with Gasteiger partial charge in [0.05, 0.1) is 14.7 Å². The molecule has 0 aliphatic carbocycles. The van der Waals surface area contributed by atoms with Crippen LogP contribution in [0.4, 0.5) is 0 Å². The Balaban J connectivity index is 1.90. The average molecular weight is 253 g/mol. The largest absolute Gasteiger partial charge is 0.316 e.